The van der Waals surface area contributed by atoms with Gasteiger partial charge in [0.05, 0.1) is 0 Å². The summed E-state index contributed by atoms with van der Waals surface area (Å²) in [6, 6.07) is 55.4. The molecule has 50 heavy (non-hydrogen) atoms. The van der Waals surface area contributed by atoms with Crippen LogP contribution in [0.5, 0.6) is 0 Å². The van der Waals surface area contributed by atoms with Crippen molar-refractivity contribution < 1.29 is 4.42 Å². The predicted molar refractivity (Wildman–Crippen MR) is 209 cm³/mol. The molecule has 0 aliphatic heterocycles. The molecule has 8 aromatic rings. The van der Waals surface area contributed by atoms with E-state index in [2.05, 4.69) is 184 Å². The van der Waals surface area contributed by atoms with Crippen LogP contribution >= 0.6 is 0 Å². The fraction of sp³-hybridized carbons (Fsp3) is 0.125. The summed E-state index contributed by atoms with van der Waals surface area (Å²) >= 11 is 0. The molecule has 2 nitrogen and oxygen atoms in total. The van der Waals surface area contributed by atoms with Crippen LogP contribution in [-0.2, 0) is 10.8 Å². The van der Waals surface area contributed by atoms with E-state index in [9.17, 15) is 0 Å². The molecule has 1 aromatic heterocycles. The summed E-state index contributed by atoms with van der Waals surface area (Å²) in [5.74, 6) is 0. The predicted octanol–water partition coefficient (Wildman–Crippen LogP) is 13.3. The van der Waals surface area contributed by atoms with Crippen molar-refractivity contribution in [3.8, 4) is 33.4 Å². The molecular weight excluding hydrogens is 607 g/mol. The van der Waals surface area contributed by atoms with Crippen molar-refractivity contribution in [3.63, 3.8) is 0 Å². The van der Waals surface area contributed by atoms with E-state index in [1.54, 1.807) is 0 Å². The number of fused-ring (bicyclic) bond motifs is 10. The van der Waals surface area contributed by atoms with Crippen LogP contribution in [0.25, 0.3) is 55.3 Å². The van der Waals surface area contributed by atoms with Gasteiger partial charge in [0.25, 0.3) is 0 Å². The zero-order valence-corrected chi connectivity index (χ0v) is 28.8. The lowest BCUT2D eigenvalue weighted by atomic mass is 9.80. The quantitative estimate of drug-likeness (QED) is 0.190. The normalized spacial score (nSPS) is 14.7. The molecule has 0 unspecified atom stereocenters. The zero-order chi connectivity index (χ0) is 33.8. The van der Waals surface area contributed by atoms with Gasteiger partial charge in [-0.3, -0.25) is 0 Å². The van der Waals surface area contributed by atoms with Gasteiger partial charge in [-0.05, 0) is 98.1 Å². The summed E-state index contributed by atoms with van der Waals surface area (Å²) in [6.45, 7) is 9.38. The van der Waals surface area contributed by atoms with E-state index >= 15 is 0 Å². The van der Waals surface area contributed by atoms with Crippen LogP contribution in [0.15, 0.2) is 156 Å². The summed E-state index contributed by atoms with van der Waals surface area (Å²) in [5, 5.41) is 2.38. The van der Waals surface area contributed by atoms with Crippen molar-refractivity contribution >= 4 is 39.0 Å². The monoisotopic (exact) mass is 643 g/mol. The molecule has 0 radical (unpaired) electrons. The third-order valence-electron chi connectivity index (χ3n) is 11.5. The Labute approximate surface area is 293 Å². The van der Waals surface area contributed by atoms with Crippen LogP contribution in [-0.4, -0.2) is 0 Å². The first kappa shape index (κ1) is 29.1. The van der Waals surface area contributed by atoms with E-state index in [1.165, 1.54) is 61.0 Å². The molecule has 2 aliphatic carbocycles. The van der Waals surface area contributed by atoms with Crippen LogP contribution in [0.1, 0.15) is 49.9 Å². The van der Waals surface area contributed by atoms with Crippen molar-refractivity contribution in [1.29, 1.82) is 0 Å². The zero-order valence-electron chi connectivity index (χ0n) is 28.8. The minimum atomic E-state index is -0.123. The molecule has 0 N–H and O–H groups in total. The van der Waals surface area contributed by atoms with Gasteiger partial charge in [0.2, 0.25) is 0 Å². The van der Waals surface area contributed by atoms with E-state index in [4.69, 9.17) is 4.42 Å². The number of nitrogens with zero attached hydrogens (tertiary/aromatic N) is 1. The van der Waals surface area contributed by atoms with Gasteiger partial charge in [0.15, 0.2) is 0 Å². The van der Waals surface area contributed by atoms with Crippen molar-refractivity contribution in [3.05, 3.63) is 174 Å². The first-order chi connectivity index (χ1) is 24.3. The average molecular weight is 644 g/mol. The number of anilines is 3. The van der Waals surface area contributed by atoms with Crippen LogP contribution in [0.4, 0.5) is 17.1 Å². The Morgan fingerprint density at radius 1 is 0.420 bits per heavy atom. The first-order valence-corrected chi connectivity index (χ1v) is 17.6. The minimum Gasteiger partial charge on any atom is -0.456 e. The Bertz CT molecular complexity index is 2640. The van der Waals surface area contributed by atoms with E-state index in [-0.39, 0.29) is 10.8 Å². The molecular formula is C48H37NO. The highest BCUT2D eigenvalue weighted by molar-refractivity contribution is 6.11. The molecule has 240 valence electrons. The molecule has 0 saturated carbocycles. The summed E-state index contributed by atoms with van der Waals surface area (Å²) in [5.41, 5.74) is 18.1. The summed E-state index contributed by atoms with van der Waals surface area (Å²) in [6.07, 6.45) is 0. The van der Waals surface area contributed by atoms with Crippen LogP contribution < -0.4 is 4.90 Å². The molecule has 0 bridgehead atoms. The lowest BCUT2D eigenvalue weighted by molar-refractivity contribution is 0.657. The van der Waals surface area contributed by atoms with Crippen LogP contribution in [0.2, 0.25) is 0 Å². The van der Waals surface area contributed by atoms with Crippen LogP contribution in [0, 0.1) is 0 Å². The van der Waals surface area contributed by atoms with Crippen LogP contribution in [0.3, 0.4) is 0 Å². The smallest absolute Gasteiger partial charge is 0.137 e. The molecule has 10 rings (SSSR count). The maximum absolute atomic E-state index is 6.73. The highest BCUT2D eigenvalue weighted by atomic mass is 16.3. The topological polar surface area (TPSA) is 16.4 Å². The number of hydrogen-bond acceptors (Lipinski definition) is 2. The second-order valence-corrected chi connectivity index (χ2v) is 15.0. The number of hydrogen-bond donors (Lipinski definition) is 0. The highest BCUT2D eigenvalue weighted by Crippen LogP contribution is 2.54. The standard InChI is InChI=1S/C48H37NO/c1-47(2)40-16-10-8-14-35(40)37-24-22-33(28-42(37)47)49(32-20-18-31(19-21-32)30-12-6-5-7-13-30)34-23-25-39-44(29-34)50-43-27-26-38-36-15-9-11-17-41(36)48(3,4)46(38)45(39)43/h5-29H,1-4H3. The molecule has 0 atom stereocenters. The lowest BCUT2D eigenvalue weighted by Crippen LogP contribution is -2.16. The molecule has 2 aliphatic rings. The van der Waals surface area contributed by atoms with Gasteiger partial charge in [-0.2, -0.15) is 0 Å². The third kappa shape index (κ3) is 4.02. The lowest BCUT2D eigenvalue weighted by Gasteiger charge is -2.28. The van der Waals surface area contributed by atoms with Gasteiger partial charge in [-0.25, -0.2) is 0 Å². The van der Waals surface area contributed by atoms with Gasteiger partial charge in [-0.1, -0.05) is 131 Å². The second kappa shape index (κ2) is 10.3. The molecule has 1 heterocycles. The minimum absolute atomic E-state index is 0.0990. The Kier molecular flexibility index (Phi) is 6.01. The number of benzene rings is 7. The number of furan rings is 1. The first-order valence-electron chi connectivity index (χ1n) is 17.6. The third-order valence-corrected chi connectivity index (χ3v) is 11.5. The van der Waals surface area contributed by atoms with E-state index < -0.39 is 0 Å². The fourth-order valence-electron chi connectivity index (χ4n) is 8.98. The van der Waals surface area contributed by atoms with Gasteiger partial charge in [0.1, 0.15) is 11.2 Å². The van der Waals surface area contributed by atoms with Gasteiger partial charge < -0.3 is 9.32 Å². The van der Waals surface area contributed by atoms with E-state index in [0.717, 1.165) is 33.6 Å². The molecule has 7 aromatic carbocycles. The van der Waals surface area contributed by atoms with Crippen molar-refractivity contribution in [1.82, 2.24) is 0 Å². The van der Waals surface area contributed by atoms with Crippen molar-refractivity contribution in [2.75, 3.05) is 4.90 Å². The second-order valence-electron chi connectivity index (χ2n) is 15.0. The van der Waals surface area contributed by atoms with Gasteiger partial charge >= 0.3 is 0 Å². The van der Waals surface area contributed by atoms with Crippen molar-refractivity contribution in [2.24, 2.45) is 0 Å². The Morgan fingerprint density at radius 2 is 0.980 bits per heavy atom. The fourth-order valence-corrected chi connectivity index (χ4v) is 8.98. The number of rotatable bonds is 4. The summed E-state index contributed by atoms with van der Waals surface area (Å²) in [7, 11) is 0. The molecule has 0 amide bonds. The van der Waals surface area contributed by atoms with Crippen molar-refractivity contribution in [2.45, 2.75) is 38.5 Å². The average Bonchev–Trinajstić information content (AvgIpc) is 3.71. The van der Waals surface area contributed by atoms with E-state index in [1.807, 2.05) is 0 Å². The Morgan fingerprint density at radius 3 is 1.74 bits per heavy atom. The van der Waals surface area contributed by atoms with E-state index in [0.29, 0.717) is 0 Å². The molecule has 0 saturated heterocycles. The molecule has 2 heteroatoms. The van der Waals surface area contributed by atoms with Gasteiger partial charge in [0, 0.05) is 44.7 Å². The maximum Gasteiger partial charge on any atom is 0.137 e. The van der Waals surface area contributed by atoms with Gasteiger partial charge in [-0.15, -0.1) is 0 Å². The molecule has 0 fully saturated rings. The Balaban J connectivity index is 1.15. The SMILES string of the molecule is CC1(C)c2ccccc2-c2ccc(N(c3ccc(-c4ccccc4)cc3)c3ccc4c(c3)oc3ccc5c(c34)C(C)(C)c3ccccc3-5)cc21. The Hall–Kier alpha value is -5.86. The summed E-state index contributed by atoms with van der Waals surface area (Å²) < 4.78 is 6.73. The molecule has 0 spiro atoms. The maximum atomic E-state index is 6.73. The summed E-state index contributed by atoms with van der Waals surface area (Å²) in [4.78, 5) is 2.38. The largest absolute Gasteiger partial charge is 0.456 e. The highest BCUT2D eigenvalue weighted by Gasteiger charge is 2.38.